The summed E-state index contributed by atoms with van der Waals surface area (Å²) in [6, 6.07) is 20.6. The number of halogens is 3. The number of nitrogens with one attached hydrogen (secondary N) is 1. The van der Waals surface area contributed by atoms with Gasteiger partial charge in [-0.1, -0.05) is 60.7 Å². The van der Waals surface area contributed by atoms with Crippen LogP contribution in [0.3, 0.4) is 0 Å². The maximum atomic E-state index is 12.9. The van der Waals surface area contributed by atoms with Crippen molar-refractivity contribution in [1.29, 1.82) is 0 Å². The van der Waals surface area contributed by atoms with E-state index in [2.05, 4.69) is 4.98 Å². The lowest BCUT2D eigenvalue weighted by Gasteiger charge is -2.24. The molecule has 0 saturated heterocycles. The lowest BCUT2D eigenvalue weighted by molar-refractivity contribution is -0.140. The van der Waals surface area contributed by atoms with Crippen molar-refractivity contribution in [3.63, 3.8) is 0 Å². The van der Waals surface area contributed by atoms with E-state index in [9.17, 15) is 13.2 Å². The van der Waals surface area contributed by atoms with Gasteiger partial charge in [-0.2, -0.15) is 13.2 Å². The van der Waals surface area contributed by atoms with Crippen molar-refractivity contribution in [3.05, 3.63) is 89.7 Å². The van der Waals surface area contributed by atoms with Crippen molar-refractivity contribution in [2.24, 2.45) is 0 Å². The zero-order chi connectivity index (χ0) is 17.0. The van der Waals surface area contributed by atoms with E-state index in [-0.39, 0.29) is 0 Å². The minimum absolute atomic E-state index is 0.523. The molecule has 3 rings (SSSR count). The lowest BCUT2D eigenvalue weighted by atomic mass is 10.1. The zero-order valence-corrected chi connectivity index (χ0v) is 12.9. The van der Waals surface area contributed by atoms with Gasteiger partial charge in [0.05, 0.1) is 5.69 Å². The number of anilines is 1. The van der Waals surface area contributed by atoms with Crippen LogP contribution < -0.4 is 4.90 Å². The van der Waals surface area contributed by atoms with Crippen molar-refractivity contribution < 1.29 is 13.2 Å². The van der Waals surface area contributed by atoms with Crippen LogP contribution in [0.2, 0.25) is 0 Å². The van der Waals surface area contributed by atoms with E-state index in [1.54, 1.807) is 0 Å². The molecule has 24 heavy (non-hydrogen) atoms. The highest BCUT2D eigenvalue weighted by Gasteiger charge is 2.32. The second kappa shape index (κ2) is 6.83. The van der Waals surface area contributed by atoms with E-state index in [1.807, 2.05) is 65.6 Å². The standard InChI is InChI=1S/C19H17F3N2/c20-19(21,22)18-11-17(12-23-18)24(13-15-7-3-1-4-8-15)14-16-9-5-2-6-10-16/h1-12,23H,13-14H2. The van der Waals surface area contributed by atoms with Crippen LogP contribution in [0.15, 0.2) is 72.9 Å². The first-order valence-corrected chi connectivity index (χ1v) is 7.61. The molecule has 0 saturated carbocycles. The predicted molar refractivity (Wildman–Crippen MR) is 88.6 cm³/mol. The van der Waals surface area contributed by atoms with Gasteiger partial charge in [-0.15, -0.1) is 0 Å². The summed E-state index contributed by atoms with van der Waals surface area (Å²) >= 11 is 0. The van der Waals surface area contributed by atoms with Crippen LogP contribution in [0.25, 0.3) is 0 Å². The quantitative estimate of drug-likeness (QED) is 0.678. The zero-order valence-electron chi connectivity index (χ0n) is 12.9. The van der Waals surface area contributed by atoms with E-state index >= 15 is 0 Å². The van der Waals surface area contributed by atoms with Gasteiger partial charge in [0.2, 0.25) is 0 Å². The number of nitrogens with zero attached hydrogens (tertiary/aromatic N) is 1. The van der Waals surface area contributed by atoms with Crippen LogP contribution in [0, 0.1) is 0 Å². The van der Waals surface area contributed by atoms with Crippen molar-refractivity contribution in [1.82, 2.24) is 4.98 Å². The summed E-state index contributed by atoms with van der Waals surface area (Å²) in [5, 5.41) is 0. The largest absolute Gasteiger partial charge is 0.431 e. The van der Waals surface area contributed by atoms with Gasteiger partial charge in [0, 0.05) is 19.3 Å². The highest BCUT2D eigenvalue weighted by atomic mass is 19.4. The monoisotopic (exact) mass is 330 g/mol. The van der Waals surface area contributed by atoms with Crippen LogP contribution in [-0.4, -0.2) is 4.98 Å². The fourth-order valence-electron chi connectivity index (χ4n) is 2.58. The Balaban J connectivity index is 1.88. The molecule has 0 unspecified atom stereocenters. The summed E-state index contributed by atoms with van der Waals surface area (Å²) in [5.41, 5.74) is 1.88. The number of alkyl halides is 3. The molecule has 0 radical (unpaired) electrons. The molecular weight excluding hydrogens is 313 g/mol. The van der Waals surface area contributed by atoms with Crippen LogP contribution in [-0.2, 0) is 19.3 Å². The third-order valence-corrected chi connectivity index (χ3v) is 3.77. The van der Waals surface area contributed by atoms with E-state index in [0.717, 1.165) is 17.2 Å². The molecule has 1 N–H and O–H groups in total. The minimum Gasteiger partial charge on any atom is -0.362 e. The maximum Gasteiger partial charge on any atom is 0.431 e. The molecule has 3 aromatic rings. The molecule has 0 aliphatic heterocycles. The predicted octanol–water partition coefficient (Wildman–Crippen LogP) is 5.24. The molecule has 0 atom stereocenters. The third kappa shape index (κ3) is 3.98. The second-order valence-corrected chi connectivity index (χ2v) is 5.60. The van der Waals surface area contributed by atoms with Gasteiger partial charge in [0.25, 0.3) is 0 Å². The normalized spacial score (nSPS) is 11.5. The Labute approximate surface area is 138 Å². The first-order chi connectivity index (χ1) is 11.5. The molecule has 2 nitrogen and oxygen atoms in total. The molecule has 124 valence electrons. The number of H-pyrrole nitrogens is 1. The highest BCUT2D eigenvalue weighted by molar-refractivity contribution is 5.48. The van der Waals surface area contributed by atoms with Crippen molar-refractivity contribution >= 4 is 5.69 Å². The van der Waals surface area contributed by atoms with Crippen LogP contribution in [0.4, 0.5) is 18.9 Å². The van der Waals surface area contributed by atoms with E-state index in [4.69, 9.17) is 0 Å². The number of rotatable bonds is 5. The summed E-state index contributed by atoms with van der Waals surface area (Å²) in [6.07, 6.45) is -2.96. The van der Waals surface area contributed by atoms with Crippen LogP contribution in [0.1, 0.15) is 16.8 Å². The number of benzene rings is 2. The Kier molecular flexibility index (Phi) is 4.60. The maximum absolute atomic E-state index is 12.9. The number of hydrogen-bond acceptors (Lipinski definition) is 1. The minimum atomic E-state index is -4.37. The third-order valence-electron chi connectivity index (χ3n) is 3.77. The lowest BCUT2D eigenvalue weighted by Crippen LogP contribution is -2.21. The first kappa shape index (κ1) is 16.2. The van der Waals surface area contributed by atoms with Gasteiger partial charge in [-0.25, -0.2) is 0 Å². The van der Waals surface area contributed by atoms with Gasteiger partial charge in [-0.3, -0.25) is 0 Å². The van der Waals surface area contributed by atoms with Crippen molar-refractivity contribution in [3.8, 4) is 0 Å². The Morgan fingerprint density at radius 2 is 1.29 bits per heavy atom. The van der Waals surface area contributed by atoms with Crippen LogP contribution in [0.5, 0.6) is 0 Å². The summed E-state index contributed by atoms with van der Waals surface area (Å²) in [4.78, 5) is 4.26. The van der Waals surface area contributed by atoms with Crippen LogP contribution >= 0.6 is 0 Å². The number of aromatic amines is 1. The molecule has 0 bridgehead atoms. The molecule has 1 aromatic heterocycles. The second-order valence-electron chi connectivity index (χ2n) is 5.60. The van der Waals surface area contributed by atoms with Gasteiger partial charge in [0.15, 0.2) is 0 Å². The Hall–Kier alpha value is -2.69. The number of aromatic nitrogens is 1. The average molecular weight is 330 g/mol. The SMILES string of the molecule is FC(F)(F)c1cc(N(Cc2ccccc2)Cc2ccccc2)c[nH]1. The Bertz CT molecular complexity index is 723. The summed E-state index contributed by atoms with van der Waals surface area (Å²) < 4.78 is 38.6. The summed E-state index contributed by atoms with van der Waals surface area (Å²) in [7, 11) is 0. The average Bonchev–Trinajstić information content (AvgIpc) is 3.06. The molecule has 1 heterocycles. The fraction of sp³-hybridized carbons (Fsp3) is 0.158. The molecule has 0 amide bonds. The molecular formula is C19H17F3N2. The molecule has 0 aliphatic carbocycles. The first-order valence-electron chi connectivity index (χ1n) is 7.61. The molecule has 0 spiro atoms. The topological polar surface area (TPSA) is 19.0 Å². The molecule has 0 fully saturated rings. The highest BCUT2D eigenvalue weighted by Crippen LogP contribution is 2.32. The van der Waals surface area contributed by atoms with Crippen molar-refractivity contribution in [2.45, 2.75) is 19.3 Å². The van der Waals surface area contributed by atoms with Gasteiger partial charge in [0.1, 0.15) is 5.69 Å². The molecule has 5 heteroatoms. The van der Waals surface area contributed by atoms with Gasteiger partial charge < -0.3 is 9.88 Å². The Morgan fingerprint density at radius 3 is 1.71 bits per heavy atom. The fourth-order valence-corrected chi connectivity index (χ4v) is 2.58. The van der Waals surface area contributed by atoms with Crippen molar-refractivity contribution in [2.75, 3.05) is 4.90 Å². The summed E-state index contributed by atoms with van der Waals surface area (Å²) in [6.45, 7) is 1.07. The van der Waals surface area contributed by atoms with E-state index in [0.29, 0.717) is 18.8 Å². The Morgan fingerprint density at radius 1 is 0.792 bits per heavy atom. The van der Waals surface area contributed by atoms with E-state index < -0.39 is 11.9 Å². The smallest absolute Gasteiger partial charge is 0.362 e. The van der Waals surface area contributed by atoms with E-state index in [1.165, 1.54) is 6.20 Å². The van der Waals surface area contributed by atoms with Gasteiger partial charge in [-0.05, 0) is 17.2 Å². The van der Waals surface area contributed by atoms with Gasteiger partial charge >= 0.3 is 6.18 Å². The molecule has 2 aromatic carbocycles. The number of hydrogen-bond donors (Lipinski definition) is 1. The molecule has 0 aliphatic rings. The summed E-state index contributed by atoms with van der Waals surface area (Å²) in [5.74, 6) is 0.